The smallest absolute Gasteiger partial charge is 0.263 e. The zero-order chi connectivity index (χ0) is 20.5. The standard InChI is InChI=1S/C24H26N4OS/c25-11-13-28-21(15-27-12-10-17-6-4-5-9-19(17)14-27)26-23-22(24(28)29)20(16-30-23)18-7-2-1-3-8-18/h1-3,7-8,16-17,19H,4-6,9-10,12-15H2/t17-,19+/m0/s1. The van der Waals surface area contributed by atoms with Crippen LogP contribution in [-0.2, 0) is 13.1 Å². The quantitative estimate of drug-likeness (QED) is 0.618. The van der Waals surface area contributed by atoms with E-state index in [0.717, 1.165) is 46.7 Å². The Morgan fingerprint density at radius 3 is 2.73 bits per heavy atom. The number of likely N-dealkylation sites (tertiary alicyclic amines) is 1. The summed E-state index contributed by atoms with van der Waals surface area (Å²) in [7, 11) is 0. The first-order chi connectivity index (χ1) is 14.7. The first-order valence-corrected chi connectivity index (χ1v) is 11.8. The van der Waals surface area contributed by atoms with Crippen LogP contribution in [0.1, 0.15) is 37.9 Å². The van der Waals surface area contributed by atoms with E-state index in [2.05, 4.69) is 11.0 Å². The molecule has 2 aromatic heterocycles. The van der Waals surface area contributed by atoms with Crippen LogP contribution in [0.25, 0.3) is 21.3 Å². The molecule has 5 nitrogen and oxygen atoms in total. The van der Waals surface area contributed by atoms with E-state index < -0.39 is 0 Å². The van der Waals surface area contributed by atoms with Gasteiger partial charge >= 0.3 is 0 Å². The first-order valence-electron chi connectivity index (χ1n) is 10.9. The lowest BCUT2D eigenvalue weighted by Crippen LogP contribution is -2.42. The highest BCUT2D eigenvalue weighted by Crippen LogP contribution is 2.36. The molecule has 0 bridgehead atoms. The van der Waals surface area contributed by atoms with Crippen molar-refractivity contribution in [2.75, 3.05) is 13.1 Å². The molecular weight excluding hydrogens is 392 g/mol. The molecular formula is C24H26N4OS. The van der Waals surface area contributed by atoms with Gasteiger partial charge in [-0.25, -0.2) is 4.98 Å². The van der Waals surface area contributed by atoms with Crippen molar-refractivity contribution in [3.8, 4) is 17.2 Å². The van der Waals surface area contributed by atoms with E-state index >= 15 is 0 Å². The summed E-state index contributed by atoms with van der Waals surface area (Å²) in [4.78, 5) is 21.5. The minimum Gasteiger partial charge on any atom is -0.296 e. The molecule has 2 aliphatic rings. The summed E-state index contributed by atoms with van der Waals surface area (Å²) < 4.78 is 1.59. The highest BCUT2D eigenvalue weighted by molar-refractivity contribution is 7.17. The average molecular weight is 419 g/mol. The Morgan fingerprint density at radius 2 is 1.93 bits per heavy atom. The second-order valence-electron chi connectivity index (χ2n) is 8.60. The average Bonchev–Trinajstić information content (AvgIpc) is 3.21. The van der Waals surface area contributed by atoms with Gasteiger partial charge in [0.25, 0.3) is 5.56 Å². The first kappa shape index (κ1) is 19.5. The third kappa shape index (κ3) is 3.57. The van der Waals surface area contributed by atoms with Gasteiger partial charge in [0.2, 0.25) is 0 Å². The van der Waals surface area contributed by atoms with Crippen molar-refractivity contribution in [1.82, 2.24) is 14.5 Å². The maximum atomic E-state index is 13.4. The lowest BCUT2D eigenvalue weighted by molar-refractivity contribution is 0.0794. The van der Waals surface area contributed by atoms with Gasteiger partial charge in [-0.05, 0) is 36.8 Å². The summed E-state index contributed by atoms with van der Waals surface area (Å²) in [6.45, 7) is 2.84. The Labute approximate surface area is 180 Å². The molecule has 154 valence electrons. The molecule has 0 radical (unpaired) electrons. The summed E-state index contributed by atoms with van der Waals surface area (Å²) in [5.41, 5.74) is 1.83. The number of aromatic nitrogens is 2. The van der Waals surface area contributed by atoms with Crippen LogP contribution in [0.15, 0.2) is 40.5 Å². The minimum absolute atomic E-state index is 0.0427. The number of piperidine rings is 1. The Bertz CT molecular complexity index is 1140. The number of fused-ring (bicyclic) bond motifs is 2. The van der Waals surface area contributed by atoms with Gasteiger partial charge < -0.3 is 0 Å². The topological polar surface area (TPSA) is 61.9 Å². The Morgan fingerprint density at radius 1 is 1.13 bits per heavy atom. The molecule has 0 amide bonds. The maximum Gasteiger partial charge on any atom is 0.263 e. The van der Waals surface area contributed by atoms with Crippen LogP contribution >= 0.6 is 11.3 Å². The summed E-state index contributed by atoms with van der Waals surface area (Å²) in [5, 5.41) is 12.0. The van der Waals surface area contributed by atoms with Gasteiger partial charge in [-0.2, -0.15) is 5.26 Å². The van der Waals surface area contributed by atoms with E-state index in [1.165, 1.54) is 43.4 Å². The van der Waals surface area contributed by atoms with Crippen molar-refractivity contribution in [3.05, 3.63) is 51.9 Å². The fraction of sp³-hybridized carbons (Fsp3) is 0.458. The molecule has 1 aliphatic heterocycles. The molecule has 1 saturated heterocycles. The van der Waals surface area contributed by atoms with Crippen LogP contribution in [-0.4, -0.2) is 27.5 Å². The van der Waals surface area contributed by atoms with E-state index in [0.29, 0.717) is 11.9 Å². The molecule has 2 fully saturated rings. The van der Waals surface area contributed by atoms with Gasteiger partial charge in [-0.15, -0.1) is 11.3 Å². The fourth-order valence-electron chi connectivity index (χ4n) is 5.27. The Kier molecular flexibility index (Phi) is 5.41. The molecule has 6 heteroatoms. The van der Waals surface area contributed by atoms with Gasteiger partial charge in [-0.3, -0.25) is 14.3 Å². The largest absolute Gasteiger partial charge is 0.296 e. The molecule has 0 unspecified atom stereocenters. The predicted molar refractivity (Wildman–Crippen MR) is 120 cm³/mol. The van der Waals surface area contributed by atoms with Crippen molar-refractivity contribution in [2.45, 2.75) is 45.2 Å². The van der Waals surface area contributed by atoms with Gasteiger partial charge in [-0.1, -0.05) is 49.6 Å². The highest BCUT2D eigenvalue weighted by Gasteiger charge is 2.31. The van der Waals surface area contributed by atoms with Crippen molar-refractivity contribution < 1.29 is 0 Å². The van der Waals surface area contributed by atoms with Crippen molar-refractivity contribution in [2.24, 2.45) is 11.8 Å². The number of nitriles is 1. The van der Waals surface area contributed by atoms with Crippen molar-refractivity contribution >= 4 is 21.6 Å². The minimum atomic E-state index is -0.0933. The van der Waals surface area contributed by atoms with E-state index in [4.69, 9.17) is 4.98 Å². The molecule has 5 rings (SSSR count). The monoisotopic (exact) mass is 418 g/mol. The van der Waals surface area contributed by atoms with E-state index in [-0.39, 0.29) is 12.1 Å². The molecule has 30 heavy (non-hydrogen) atoms. The number of benzene rings is 1. The third-order valence-corrected chi connectivity index (χ3v) is 7.70. The number of hydrogen-bond acceptors (Lipinski definition) is 5. The summed E-state index contributed by atoms with van der Waals surface area (Å²) in [6, 6.07) is 12.1. The van der Waals surface area contributed by atoms with Crippen LogP contribution in [0.2, 0.25) is 0 Å². The normalized spacial score (nSPS) is 22.0. The number of hydrogen-bond donors (Lipinski definition) is 0. The summed E-state index contributed by atoms with van der Waals surface area (Å²) in [6.07, 6.45) is 6.66. The fourth-order valence-corrected chi connectivity index (χ4v) is 6.23. The molecule has 2 atom stereocenters. The number of thiophene rings is 1. The van der Waals surface area contributed by atoms with Gasteiger partial charge in [0.15, 0.2) is 0 Å². The number of rotatable bonds is 4. The van der Waals surface area contributed by atoms with Crippen LogP contribution < -0.4 is 5.56 Å². The Balaban J connectivity index is 1.50. The van der Waals surface area contributed by atoms with Crippen LogP contribution in [0, 0.1) is 23.2 Å². The molecule has 1 aliphatic carbocycles. The lowest BCUT2D eigenvalue weighted by atomic mass is 9.75. The van der Waals surface area contributed by atoms with Crippen molar-refractivity contribution in [1.29, 1.82) is 5.26 Å². The third-order valence-electron chi connectivity index (χ3n) is 6.83. The zero-order valence-electron chi connectivity index (χ0n) is 17.1. The lowest BCUT2D eigenvalue weighted by Gasteiger charge is -2.41. The van der Waals surface area contributed by atoms with Crippen molar-refractivity contribution in [3.63, 3.8) is 0 Å². The molecule has 0 spiro atoms. The Hall–Kier alpha value is -2.49. The maximum absolute atomic E-state index is 13.4. The molecule has 1 saturated carbocycles. The summed E-state index contributed by atoms with van der Waals surface area (Å²) >= 11 is 1.52. The molecule has 3 aromatic rings. The SMILES string of the molecule is N#CCn1c(CN2CC[C@@H]3CCCC[C@@H]3C2)nc2scc(-c3ccccc3)c2c1=O. The van der Waals surface area contributed by atoms with Gasteiger partial charge in [0, 0.05) is 17.5 Å². The van der Waals surface area contributed by atoms with Crippen LogP contribution in [0.3, 0.4) is 0 Å². The number of nitrogens with zero attached hydrogens (tertiary/aromatic N) is 4. The molecule has 0 N–H and O–H groups in total. The van der Waals surface area contributed by atoms with Crippen LogP contribution in [0.4, 0.5) is 0 Å². The van der Waals surface area contributed by atoms with E-state index in [9.17, 15) is 10.1 Å². The second kappa shape index (κ2) is 8.33. The predicted octanol–water partition coefficient (Wildman–Crippen LogP) is 4.66. The van der Waals surface area contributed by atoms with E-state index in [1.54, 1.807) is 4.57 Å². The van der Waals surface area contributed by atoms with E-state index in [1.807, 2.05) is 35.7 Å². The van der Waals surface area contributed by atoms with Gasteiger partial charge in [0.05, 0.1) is 18.0 Å². The molecule has 3 heterocycles. The highest BCUT2D eigenvalue weighted by atomic mass is 32.1. The van der Waals surface area contributed by atoms with Crippen LogP contribution in [0.5, 0.6) is 0 Å². The van der Waals surface area contributed by atoms with Gasteiger partial charge in [0.1, 0.15) is 17.2 Å². The summed E-state index contributed by atoms with van der Waals surface area (Å²) in [5.74, 6) is 2.38. The molecule has 1 aromatic carbocycles. The second-order valence-corrected chi connectivity index (χ2v) is 9.46. The zero-order valence-corrected chi connectivity index (χ0v) is 17.9.